The van der Waals surface area contributed by atoms with Crippen LogP contribution in [-0.2, 0) is 16.6 Å². The first-order valence-corrected chi connectivity index (χ1v) is 7.78. The summed E-state index contributed by atoms with van der Waals surface area (Å²) in [7, 11) is -2.66. The number of hydrogen-bond acceptors (Lipinski definition) is 2. The van der Waals surface area contributed by atoms with E-state index in [0.29, 0.717) is 5.56 Å². The zero-order chi connectivity index (χ0) is 15.6. The number of nitrogens with zero attached hydrogens (tertiary/aromatic N) is 1. The van der Waals surface area contributed by atoms with E-state index in [1.165, 1.54) is 37.4 Å². The first-order chi connectivity index (χ1) is 9.80. The van der Waals surface area contributed by atoms with Gasteiger partial charge in [0.15, 0.2) is 0 Å². The molecule has 2 rings (SSSR count). The molecule has 0 saturated heterocycles. The van der Waals surface area contributed by atoms with Gasteiger partial charge in [0.05, 0.1) is 0 Å². The fourth-order valence-electron chi connectivity index (χ4n) is 1.78. The monoisotopic (exact) mass is 331 g/mol. The van der Waals surface area contributed by atoms with Crippen molar-refractivity contribution in [2.75, 3.05) is 7.05 Å². The van der Waals surface area contributed by atoms with Crippen molar-refractivity contribution in [1.82, 2.24) is 4.31 Å². The zero-order valence-electron chi connectivity index (χ0n) is 11.1. The molecule has 0 unspecified atom stereocenters. The van der Waals surface area contributed by atoms with Gasteiger partial charge in [-0.15, -0.1) is 0 Å². The minimum atomic E-state index is -3.99. The Balaban J connectivity index is 2.28. The fourth-order valence-corrected chi connectivity index (χ4v) is 3.14. The van der Waals surface area contributed by atoms with Crippen molar-refractivity contribution in [2.45, 2.75) is 11.4 Å². The normalized spacial score (nSPS) is 11.9. The van der Waals surface area contributed by atoms with E-state index >= 15 is 0 Å². The van der Waals surface area contributed by atoms with E-state index in [4.69, 9.17) is 11.6 Å². The second-order valence-corrected chi connectivity index (χ2v) is 6.91. The Labute approximate surface area is 126 Å². The molecule has 0 radical (unpaired) electrons. The van der Waals surface area contributed by atoms with Gasteiger partial charge < -0.3 is 0 Å². The van der Waals surface area contributed by atoms with E-state index in [9.17, 15) is 17.2 Å². The van der Waals surface area contributed by atoms with Crippen LogP contribution in [0.3, 0.4) is 0 Å². The van der Waals surface area contributed by atoms with Crippen LogP contribution in [0.4, 0.5) is 8.78 Å². The maximum atomic E-state index is 13.8. The van der Waals surface area contributed by atoms with Crippen molar-refractivity contribution < 1.29 is 17.2 Å². The summed E-state index contributed by atoms with van der Waals surface area (Å²) >= 11 is 5.61. The zero-order valence-corrected chi connectivity index (χ0v) is 12.6. The van der Waals surface area contributed by atoms with E-state index in [1.807, 2.05) is 0 Å². The van der Waals surface area contributed by atoms with E-state index in [-0.39, 0.29) is 11.6 Å². The van der Waals surface area contributed by atoms with Crippen molar-refractivity contribution in [1.29, 1.82) is 0 Å². The molecule has 112 valence electrons. The summed E-state index contributed by atoms with van der Waals surface area (Å²) < 4.78 is 52.2. The molecule has 7 heteroatoms. The fraction of sp³-hybridized carbons (Fsp3) is 0.143. The quantitative estimate of drug-likeness (QED) is 0.860. The Morgan fingerprint density at radius 3 is 2.29 bits per heavy atom. The summed E-state index contributed by atoms with van der Waals surface area (Å²) in [4.78, 5) is -0.448. The molecular weight excluding hydrogens is 320 g/mol. The largest absolute Gasteiger partial charge is 0.246 e. The second kappa shape index (κ2) is 6.09. The van der Waals surface area contributed by atoms with Crippen LogP contribution < -0.4 is 0 Å². The van der Waals surface area contributed by atoms with E-state index < -0.39 is 26.6 Å². The SMILES string of the molecule is CN(Cc1ccc(F)cc1)S(=O)(=O)c1ccc(Cl)cc1F. The van der Waals surface area contributed by atoms with Gasteiger partial charge in [0, 0.05) is 18.6 Å². The number of rotatable bonds is 4. The lowest BCUT2D eigenvalue weighted by Gasteiger charge is -2.17. The summed E-state index contributed by atoms with van der Waals surface area (Å²) in [6.07, 6.45) is 0. The maximum Gasteiger partial charge on any atom is 0.246 e. The van der Waals surface area contributed by atoms with Gasteiger partial charge in [-0.1, -0.05) is 23.7 Å². The lowest BCUT2D eigenvalue weighted by molar-refractivity contribution is 0.459. The highest BCUT2D eigenvalue weighted by Crippen LogP contribution is 2.22. The first kappa shape index (κ1) is 15.9. The molecule has 2 aromatic carbocycles. The minimum Gasteiger partial charge on any atom is -0.207 e. The number of hydrogen-bond donors (Lipinski definition) is 0. The topological polar surface area (TPSA) is 37.4 Å². The summed E-state index contributed by atoms with van der Waals surface area (Å²) in [6.45, 7) is 0.00464. The van der Waals surface area contributed by atoms with Crippen LogP contribution in [-0.4, -0.2) is 19.8 Å². The van der Waals surface area contributed by atoms with Gasteiger partial charge in [-0.25, -0.2) is 17.2 Å². The van der Waals surface area contributed by atoms with Gasteiger partial charge in [-0.2, -0.15) is 4.31 Å². The predicted molar refractivity (Wildman–Crippen MR) is 76.5 cm³/mol. The molecule has 0 bridgehead atoms. The van der Waals surface area contributed by atoms with Crippen LogP contribution >= 0.6 is 11.6 Å². The van der Waals surface area contributed by atoms with Crippen molar-refractivity contribution in [3.63, 3.8) is 0 Å². The van der Waals surface area contributed by atoms with Gasteiger partial charge in [-0.05, 0) is 35.9 Å². The Morgan fingerprint density at radius 1 is 1.10 bits per heavy atom. The maximum absolute atomic E-state index is 13.8. The standard InChI is InChI=1S/C14H12ClF2NO2S/c1-18(9-10-2-5-12(16)6-3-10)21(19,20)14-7-4-11(15)8-13(14)17/h2-8H,9H2,1H3. The van der Waals surface area contributed by atoms with Crippen LogP contribution in [0.15, 0.2) is 47.4 Å². The highest BCUT2D eigenvalue weighted by Gasteiger charge is 2.24. The molecular formula is C14H12ClF2NO2S. The summed E-state index contributed by atoms with van der Waals surface area (Å²) in [5.74, 6) is -1.32. The van der Waals surface area contributed by atoms with Gasteiger partial charge in [0.2, 0.25) is 10.0 Å². The average Bonchev–Trinajstić information content (AvgIpc) is 2.40. The molecule has 0 saturated carbocycles. The van der Waals surface area contributed by atoms with Crippen molar-refractivity contribution in [3.05, 3.63) is 64.7 Å². The molecule has 0 aliphatic carbocycles. The van der Waals surface area contributed by atoms with Gasteiger partial charge in [-0.3, -0.25) is 0 Å². The molecule has 21 heavy (non-hydrogen) atoms. The summed E-state index contributed by atoms with van der Waals surface area (Å²) in [6, 6.07) is 8.79. The van der Waals surface area contributed by atoms with Crippen molar-refractivity contribution in [2.24, 2.45) is 0 Å². The molecule has 0 N–H and O–H groups in total. The molecule has 0 spiro atoms. The van der Waals surface area contributed by atoms with E-state index in [0.717, 1.165) is 16.4 Å². The van der Waals surface area contributed by atoms with E-state index in [2.05, 4.69) is 0 Å². The summed E-state index contributed by atoms with van der Waals surface area (Å²) in [5, 5.41) is 0.118. The molecule has 0 aliphatic rings. The van der Waals surface area contributed by atoms with Gasteiger partial charge in [0.25, 0.3) is 0 Å². The molecule has 0 aromatic heterocycles. The molecule has 2 aromatic rings. The minimum absolute atomic E-state index is 0.00464. The molecule has 0 amide bonds. The molecule has 3 nitrogen and oxygen atoms in total. The molecule has 0 atom stereocenters. The lowest BCUT2D eigenvalue weighted by atomic mass is 10.2. The predicted octanol–water partition coefficient (Wildman–Crippen LogP) is 3.44. The number of halogens is 3. The third-order valence-electron chi connectivity index (χ3n) is 2.90. The third kappa shape index (κ3) is 3.58. The van der Waals surface area contributed by atoms with Crippen molar-refractivity contribution >= 4 is 21.6 Å². The lowest BCUT2D eigenvalue weighted by Crippen LogP contribution is -2.27. The average molecular weight is 332 g/mol. The number of benzene rings is 2. The second-order valence-electron chi connectivity index (χ2n) is 4.46. The Bertz CT molecular complexity index is 748. The highest BCUT2D eigenvalue weighted by atomic mass is 35.5. The Hall–Kier alpha value is -1.50. The third-order valence-corrected chi connectivity index (χ3v) is 4.97. The summed E-state index contributed by atoms with van der Waals surface area (Å²) in [5.41, 5.74) is 0.594. The first-order valence-electron chi connectivity index (χ1n) is 5.96. The van der Waals surface area contributed by atoms with Crippen LogP contribution in [0.5, 0.6) is 0 Å². The van der Waals surface area contributed by atoms with Crippen LogP contribution in [0.1, 0.15) is 5.56 Å². The highest BCUT2D eigenvalue weighted by molar-refractivity contribution is 7.89. The smallest absolute Gasteiger partial charge is 0.207 e. The molecule has 0 heterocycles. The van der Waals surface area contributed by atoms with E-state index in [1.54, 1.807) is 0 Å². The van der Waals surface area contributed by atoms with Crippen LogP contribution in [0.25, 0.3) is 0 Å². The Kier molecular flexibility index (Phi) is 4.61. The van der Waals surface area contributed by atoms with Gasteiger partial charge in [0.1, 0.15) is 16.5 Å². The molecule has 0 fully saturated rings. The van der Waals surface area contributed by atoms with Crippen molar-refractivity contribution in [3.8, 4) is 0 Å². The molecule has 0 aliphatic heterocycles. The van der Waals surface area contributed by atoms with Crippen LogP contribution in [0.2, 0.25) is 5.02 Å². The van der Waals surface area contributed by atoms with Crippen LogP contribution in [0, 0.1) is 11.6 Å². The Morgan fingerprint density at radius 2 is 1.71 bits per heavy atom. The van der Waals surface area contributed by atoms with Gasteiger partial charge >= 0.3 is 0 Å². The number of sulfonamides is 1.